The van der Waals surface area contributed by atoms with Crippen LogP contribution in [0.5, 0.6) is 5.88 Å². The van der Waals surface area contributed by atoms with E-state index in [1.165, 1.54) is 38.1 Å². The molecule has 0 unspecified atom stereocenters. The smallest absolute Gasteiger partial charge is 0.343 e. The SMILES string of the molecule is CC(C)(O)C(=O)n1c(=O)n(C(=O)CO)c2ccc(Cn3cnc(OCc4ccc(F)cc4F)c(Cl)c3=O)cc21. The van der Waals surface area contributed by atoms with E-state index in [4.69, 9.17) is 16.3 Å². The van der Waals surface area contributed by atoms with E-state index >= 15 is 0 Å². The fraction of sp³-hybridized carbons (Fsp3) is 0.240. The molecule has 0 radical (unpaired) electrons. The summed E-state index contributed by atoms with van der Waals surface area (Å²) in [6.45, 7) is 0.834. The molecular formula is C25H21ClF2N4O7. The third-order valence-corrected chi connectivity index (χ3v) is 6.02. The molecule has 0 saturated heterocycles. The van der Waals surface area contributed by atoms with Crippen LogP contribution in [0.3, 0.4) is 0 Å². The highest BCUT2D eigenvalue weighted by atomic mass is 35.5. The van der Waals surface area contributed by atoms with Crippen LogP contribution >= 0.6 is 11.6 Å². The third kappa shape index (κ3) is 5.37. The molecule has 0 atom stereocenters. The molecule has 2 heterocycles. The molecular weight excluding hydrogens is 542 g/mol. The maximum atomic E-state index is 13.9. The first-order chi connectivity index (χ1) is 18.3. The molecule has 2 aromatic heterocycles. The van der Waals surface area contributed by atoms with Gasteiger partial charge in [-0.3, -0.25) is 19.0 Å². The van der Waals surface area contributed by atoms with Crippen molar-refractivity contribution in [3.8, 4) is 5.88 Å². The van der Waals surface area contributed by atoms with E-state index in [2.05, 4.69) is 4.98 Å². The van der Waals surface area contributed by atoms with Gasteiger partial charge in [0.25, 0.3) is 17.4 Å². The van der Waals surface area contributed by atoms with Crippen molar-refractivity contribution in [3.63, 3.8) is 0 Å². The standard InChI is InChI=1S/C25H21ClF2N4O7/c1-25(2,38)23(36)32-18-7-13(3-6-17(18)31(24(32)37)19(34)10-33)9-30-12-29-21(20(26)22(30)35)39-11-14-4-5-15(27)8-16(14)28/h3-8,12,33,38H,9-11H2,1-2H3. The number of hydrogen-bond acceptors (Lipinski definition) is 8. The number of carbonyl (C=O) groups excluding carboxylic acids is 2. The van der Waals surface area contributed by atoms with Crippen molar-refractivity contribution >= 4 is 34.4 Å². The Kier molecular flexibility index (Phi) is 7.50. The number of benzene rings is 2. The van der Waals surface area contributed by atoms with Crippen molar-refractivity contribution in [1.82, 2.24) is 18.7 Å². The highest BCUT2D eigenvalue weighted by Crippen LogP contribution is 2.21. The molecule has 0 fully saturated rings. The summed E-state index contributed by atoms with van der Waals surface area (Å²) in [4.78, 5) is 54.8. The molecule has 14 heteroatoms. The van der Waals surface area contributed by atoms with Gasteiger partial charge in [0.2, 0.25) is 5.88 Å². The van der Waals surface area contributed by atoms with Crippen LogP contribution in [0.4, 0.5) is 8.78 Å². The number of aliphatic hydroxyl groups is 2. The molecule has 0 bridgehead atoms. The summed E-state index contributed by atoms with van der Waals surface area (Å²) >= 11 is 6.13. The first-order valence-electron chi connectivity index (χ1n) is 11.3. The molecule has 0 aliphatic rings. The van der Waals surface area contributed by atoms with Crippen molar-refractivity contribution in [2.45, 2.75) is 32.6 Å². The van der Waals surface area contributed by atoms with E-state index in [0.29, 0.717) is 20.8 Å². The van der Waals surface area contributed by atoms with E-state index in [0.717, 1.165) is 17.0 Å². The predicted octanol–water partition coefficient (Wildman–Crippen LogP) is 1.96. The van der Waals surface area contributed by atoms with Gasteiger partial charge in [-0.15, -0.1) is 0 Å². The number of aliphatic hydroxyl groups excluding tert-OH is 1. The van der Waals surface area contributed by atoms with Crippen LogP contribution in [0.15, 0.2) is 52.3 Å². The van der Waals surface area contributed by atoms with Crippen LogP contribution in [-0.4, -0.2) is 52.9 Å². The van der Waals surface area contributed by atoms with E-state index in [-0.39, 0.29) is 35.6 Å². The first-order valence-corrected chi connectivity index (χ1v) is 11.7. The number of ether oxygens (including phenoxy) is 1. The van der Waals surface area contributed by atoms with E-state index in [1.54, 1.807) is 0 Å². The summed E-state index contributed by atoms with van der Waals surface area (Å²) < 4.78 is 34.6. The summed E-state index contributed by atoms with van der Waals surface area (Å²) in [5.74, 6) is -3.87. The van der Waals surface area contributed by atoms with E-state index < -0.39 is 51.9 Å². The van der Waals surface area contributed by atoms with Gasteiger partial charge in [-0.1, -0.05) is 17.7 Å². The lowest BCUT2D eigenvalue weighted by molar-refractivity contribution is 0.0391. The molecule has 39 heavy (non-hydrogen) atoms. The van der Waals surface area contributed by atoms with Gasteiger partial charge in [0.15, 0.2) is 5.02 Å². The van der Waals surface area contributed by atoms with Crippen molar-refractivity contribution in [2.75, 3.05) is 6.61 Å². The fourth-order valence-corrected chi connectivity index (χ4v) is 3.98. The van der Waals surface area contributed by atoms with Gasteiger partial charge in [0.1, 0.15) is 36.8 Å². The Morgan fingerprint density at radius 1 is 1.08 bits per heavy atom. The second kappa shape index (κ2) is 10.5. The largest absolute Gasteiger partial charge is 0.471 e. The Hall–Kier alpha value is -4.20. The lowest BCUT2D eigenvalue weighted by atomic mass is 10.1. The molecule has 4 aromatic rings. The number of nitrogens with zero attached hydrogens (tertiary/aromatic N) is 4. The van der Waals surface area contributed by atoms with Crippen LogP contribution in [0, 0.1) is 11.6 Å². The third-order valence-electron chi connectivity index (χ3n) is 5.70. The van der Waals surface area contributed by atoms with Gasteiger partial charge in [-0.05, 0) is 43.7 Å². The Morgan fingerprint density at radius 3 is 2.44 bits per heavy atom. The monoisotopic (exact) mass is 562 g/mol. The maximum Gasteiger partial charge on any atom is 0.343 e. The topological polar surface area (TPSA) is 146 Å². The number of aromatic nitrogens is 4. The van der Waals surface area contributed by atoms with Crippen LogP contribution in [-0.2, 0) is 13.2 Å². The fourth-order valence-electron chi connectivity index (χ4n) is 3.77. The van der Waals surface area contributed by atoms with Crippen LogP contribution < -0.4 is 16.0 Å². The number of carbonyl (C=O) groups is 2. The summed E-state index contributed by atoms with van der Waals surface area (Å²) in [6, 6.07) is 7.11. The second-order valence-corrected chi connectivity index (χ2v) is 9.39. The average molecular weight is 563 g/mol. The predicted molar refractivity (Wildman–Crippen MR) is 134 cm³/mol. The minimum Gasteiger partial charge on any atom is -0.471 e. The van der Waals surface area contributed by atoms with Gasteiger partial charge in [-0.25, -0.2) is 27.7 Å². The van der Waals surface area contributed by atoms with Gasteiger partial charge in [0, 0.05) is 11.6 Å². The number of imidazole rings is 1. The summed E-state index contributed by atoms with van der Waals surface area (Å²) in [7, 11) is 0. The molecule has 2 aromatic carbocycles. The number of halogens is 3. The maximum absolute atomic E-state index is 13.9. The Labute approximate surface area is 223 Å². The van der Waals surface area contributed by atoms with Crippen LogP contribution in [0.2, 0.25) is 5.02 Å². The molecule has 4 rings (SSSR count). The molecule has 0 amide bonds. The van der Waals surface area contributed by atoms with Gasteiger partial charge >= 0.3 is 5.69 Å². The number of rotatable bonds is 7. The highest BCUT2D eigenvalue weighted by molar-refractivity contribution is 6.31. The Morgan fingerprint density at radius 2 is 1.79 bits per heavy atom. The summed E-state index contributed by atoms with van der Waals surface area (Å²) in [5.41, 5.74) is -3.41. The van der Waals surface area contributed by atoms with E-state index in [1.807, 2.05) is 0 Å². The molecule has 204 valence electrons. The zero-order valence-electron chi connectivity index (χ0n) is 20.5. The van der Waals surface area contributed by atoms with Crippen molar-refractivity contribution in [3.05, 3.63) is 91.3 Å². The van der Waals surface area contributed by atoms with Gasteiger partial charge < -0.3 is 14.9 Å². The van der Waals surface area contributed by atoms with Crippen molar-refractivity contribution < 1.29 is 33.3 Å². The average Bonchev–Trinajstić information content (AvgIpc) is 3.16. The molecule has 11 nitrogen and oxygen atoms in total. The summed E-state index contributed by atoms with van der Waals surface area (Å²) in [6.07, 6.45) is 1.12. The van der Waals surface area contributed by atoms with Crippen LogP contribution in [0.1, 0.15) is 34.6 Å². The highest BCUT2D eigenvalue weighted by Gasteiger charge is 2.31. The molecule has 0 spiro atoms. The Balaban J connectivity index is 1.68. The normalized spacial score (nSPS) is 11.7. The zero-order chi connectivity index (χ0) is 28.6. The Bertz CT molecular complexity index is 1740. The molecule has 0 aliphatic heterocycles. The van der Waals surface area contributed by atoms with E-state index in [9.17, 15) is 38.2 Å². The number of hydrogen-bond donors (Lipinski definition) is 2. The first kappa shape index (κ1) is 27.8. The summed E-state index contributed by atoms with van der Waals surface area (Å²) in [5, 5.41) is 19.1. The zero-order valence-corrected chi connectivity index (χ0v) is 21.3. The van der Waals surface area contributed by atoms with Crippen LogP contribution in [0.25, 0.3) is 11.0 Å². The van der Waals surface area contributed by atoms with Crippen molar-refractivity contribution in [2.24, 2.45) is 0 Å². The van der Waals surface area contributed by atoms with Gasteiger partial charge in [-0.2, -0.15) is 0 Å². The lowest BCUT2D eigenvalue weighted by Gasteiger charge is -2.15. The molecule has 0 saturated carbocycles. The quantitative estimate of drug-likeness (QED) is 0.348. The minimum atomic E-state index is -1.97. The minimum absolute atomic E-state index is 0.000628. The second-order valence-electron chi connectivity index (χ2n) is 9.01. The number of fused-ring (bicyclic) bond motifs is 1. The molecule has 0 aliphatic carbocycles. The molecule has 2 N–H and O–H groups in total. The van der Waals surface area contributed by atoms with Crippen molar-refractivity contribution in [1.29, 1.82) is 0 Å². The van der Waals surface area contributed by atoms with Gasteiger partial charge in [0.05, 0.1) is 17.6 Å². The lowest BCUT2D eigenvalue weighted by Crippen LogP contribution is -2.42.